The van der Waals surface area contributed by atoms with Crippen LogP contribution in [0.3, 0.4) is 0 Å². The Morgan fingerprint density at radius 3 is 2.44 bits per heavy atom. The van der Waals surface area contributed by atoms with Crippen molar-refractivity contribution in [1.29, 1.82) is 0 Å². The van der Waals surface area contributed by atoms with Crippen LogP contribution in [0.1, 0.15) is 29.9 Å². The molecule has 96 valence electrons. The van der Waals surface area contributed by atoms with Crippen molar-refractivity contribution in [1.82, 2.24) is 9.78 Å². The summed E-state index contributed by atoms with van der Waals surface area (Å²) in [6, 6.07) is 6.05. The highest BCUT2D eigenvalue weighted by Crippen LogP contribution is 2.28. The number of benzene rings is 1. The van der Waals surface area contributed by atoms with Crippen LogP contribution < -0.4 is 5.73 Å². The molecule has 0 spiro atoms. The van der Waals surface area contributed by atoms with Gasteiger partial charge in [0.25, 0.3) is 0 Å². The summed E-state index contributed by atoms with van der Waals surface area (Å²) >= 11 is 7.05. The molecule has 2 aromatic rings. The Kier molecular flexibility index (Phi) is 3.94. The summed E-state index contributed by atoms with van der Waals surface area (Å²) in [5.74, 6) is 0. The molecule has 0 saturated heterocycles. The summed E-state index contributed by atoms with van der Waals surface area (Å²) in [6.45, 7) is 6.00. The molecule has 1 aromatic carbocycles. The van der Waals surface area contributed by atoms with Crippen molar-refractivity contribution in [2.75, 3.05) is 0 Å². The number of nitrogens with zero attached hydrogens (tertiary/aromatic N) is 2. The minimum Gasteiger partial charge on any atom is -0.324 e. The van der Waals surface area contributed by atoms with Gasteiger partial charge in [-0.1, -0.05) is 22.0 Å². The van der Waals surface area contributed by atoms with E-state index in [0.717, 1.165) is 31.6 Å². The fourth-order valence-electron chi connectivity index (χ4n) is 1.94. The topological polar surface area (TPSA) is 43.8 Å². The van der Waals surface area contributed by atoms with E-state index in [1.165, 1.54) is 0 Å². The zero-order chi connectivity index (χ0) is 13.4. The Labute approximate surface area is 124 Å². The number of hydrogen-bond acceptors (Lipinski definition) is 2. The van der Waals surface area contributed by atoms with E-state index in [2.05, 4.69) is 37.0 Å². The maximum Gasteiger partial charge on any atom is 0.0743 e. The Bertz CT molecular complexity index is 588. The van der Waals surface area contributed by atoms with Crippen molar-refractivity contribution in [3.8, 4) is 5.69 Å². The lowest BCUT2D eigenvalue weighted by Gasteiger charge is -2.14. The Balaban J connectivity index is 2.69. The van der Waals surface area contributed by atoms with E-state index in [4.69, 9.17) is 5.73 Å². The van der Waals surface area contributed by atoms with Crippen LogP contribution in [-0.2, 0) is 0 Å². The lowest BCUT2D eigenvalue weighted by molar-refractivity contribution is 0.766. The second kappa shape index (κ2) is 5.15. The molecular formula is C13H15Br2N3. The van der Waals surface area contributed by atoms with Crippen molar-refractivity contribution in [2.24, 2.45) is 5.73 Å². The average molecular weight is 373 g/mol. The lowest BCUT2D eigenvalue weighted by Crippen LogP contribution is -2.11. The maximum atomic E-state index is 6.03. The molecule has 18 heavy (non-hydrogen) atoms. The van der Waals surface area contributed by atoms with Gasteiger partial charge in [-0.05, 0) is 54.4 Å². The number of rotatable bonds is 2. The van der Waals surface area contributed by atoms with Crippen molar-refractivity contribution in [3.05, 3.63) is 44.1 Å². The molecule has 0 amide bonds. The third-order valence-electron chi connectivity index (χ3n) is 2.91. The highest BCUT2D eigenvalue weighted by atomic mass is 79.9. The molecule has 0 radical (unpaired) electrons. The molecule has 0 aliphatic carbocycles. The van der Waals surface area contributed by atoms with E-state index >= 15 is 0 Å². The number of aryl methyl sites for hydroxylation is 1. The van der Waals surface area contributed by atoms with Crippen LogP contribution in [0, 0.1) is 13.8 Å². The maximum absolute atomic E-state index is 6.03. The van der Waals surface area contributed by atoms with Gasteiger partial charge in [0.1, 0.15) is 0 Å². The first-order valence-electron chi connectivity index (χ1n) is 5.69. The number of halogens is 2. The van der Waals surface area contributed by atoms with E-state index in [-0.39, 0.29) is 6.04 Å². The molecule has 1 aromatic heterocycles. The summed E-state index contributed by atoms with van der Waals surface area (Å²) in [4.78, 5) is 0. The van der Waals surface area contributed by atoms with Crippen LogP contribution in [-0.4, -0.2) is 9.78 Å². The smallest absolute Gasteiger partial charge is 0.0743 e. The van der Waals surface area contributed by atoms with Gasteiger partial charge in [0.05, 0.1) is 21.5 Å². The van der Waals surface area contributed by atoms with Crippen LogP contribution in [0.2, 0.25) is 0 Å². The van der Waals surface area contributed by atoms with Crippen LogP contribution in [0.4, 0.5) is 0 Å². The first-order chi connectivity index (χ1) is 8.41. The highest BCUT2D eigenvalue weighted by Gasteiger charge is 2.15. The molecule has 2 rings (SSSR count). The normalized spacial score (nSPS) is 12.8. The van der Waals surface area contributed by atoms with Gasteiger partial charge in [-0.3, -0.25) is 0 Å². The van der Waals surface area contributed by atoms with Crippen molar-refractivity contribution >= 4 is 31.9 Å². The molecule has 0 fully saturated rings. The Morgan fingerprint density at radius 2 is 1.94 bits per heavy atom. The zero-order valence-electron chi connectivity index (χ0n) is 10.5. The van der Waals surface area contributed by atoms with Crippen molar-refractivity contribution < 1.29 is 0 Å². The highest BCUT2D eigenvalue weighted by molar-refractivity contribution is 9.10. The third kappa shape index (κ3) is 2.39. The van der Waals surface area contributed by atoms with Gasteiger partial charge in [-0.2, -0.15) is 5.10 Å². The lowest BCUT2D eigenvalue weighted by atomic mass is 10.1. The zero-order valence-corrected chi connectivity index (χ0v) is 13.7. The fraction of sp³-hybridized carbons (Fsp3) is 0.308. The number of hydrogen-bond donors (Lipinski definition) is 1. The summed E-state index contributed by atoms with van der Waals surface area (Å²) in [5, 5.41) is 4.56. The molecular weight excluding hydrogens is 358 g/mol. The number of nitrogens with two attached hydrogens (primary N) is 1. The number of aromatic nitrogens is 2. The minimum absolute atomic E-state index is 0.0317. The summed E-state index contributed by atoms with van der Waals surface area (Å²) in [5.41, 5.74) is 10.2. The van der Waals surface area contributed by atoms with E-state index in [1.54, 1.807) is 0 Å². The fourth-order valence-corrected chi connectivity index (χ4v) is 2.54. The second-order valence-corrected chi connectivity index (χ2v) is 6.10. The predicted molar refractivity (Wildman–Crippen MR) is 81.0 cm³/mol. The Hall–Kier alpha value is -0.650. The third-order valence-corrected chi connectivity index (χ3v) is 4.56. The molecule has 0 aliphatic heterocycles. The first kappa shape index (κ1) is 13.8. The Morgan fingerprint density at radius 1 is 1.28 bits per heavy atom. The average Bonchev–Trinajstić information content (AvgIpc) is 2.56. The van der Waals surface area contributed by atoms with Crippen LogP contribution >= 0.6 is 31.9 Å². The standard InChI is InChI=1S/C13H15Br2N3/c1-7(16)11-5-4-10(14)6-12(11)18-9(3)13(15)8(2)17-18/h4-7H,16H2,1-3H3. The summed E-state index contributed by atoms with van der Waals surface area (Å²) < 4.78 is 3.99. The van der Waals surface area contributed by atoms with E-state index in [1.807, 2.05) is 43.7 Å². The molecule has 3 nitrogen and oxygen atoms in total. The molecule has 0 bridgehead atoms. The molecule has 1 heterocycles. The van der Waals surface area contributed by atoms with E-state index < -0.39 is 0 Å². The van der Waals surface area contributed by atoms with Gasteiger partial charge in [0, 0.05) is 10.5 Å². The van der Waals surface area contributed by atoms with Gasteiger partial charge >= 0.3 is 0 Å². The molecule has 1 atom stereocenters. The first-order valence-corrected chi connectivity index (χ1v) is 7.27. The van der Waals surface area contributed by atoms with E-state index in [0.29, 0.717) is 0 Å². The molecule has 0 aliphatic rings. The molecule has 5 heteroatoms. The SMILES string of the molecule is Cc1nn(-c2cc(Br)ccc2C(C)N)c(C)c1Br. The monoisotopic (exact) mass is 371 g/mol. The predicted octanol–water partition coefficient (Wildman–Crippen LogP) is 4.03. The van der Waals surface area contributed by atoms with Gasteiger partial charge in [0.15, 0.2) is 0 Å². The minimum atomic E-state index is -0.0317. The second-order valence-electron chi connectivity index (χ2n) is 4.39. The van der Waals surface area contributed by atoms with Gasteiger partial charge < -0.3 is 5.73 Å². The van der Waals surface area contributed by atoms with Gasteiger partial charge in [-0.25, -0.2) is 4.68 Å². The van der Waals surface area contributed by atoms with Gasteiger partial charge in [0.2, 0.25) is 0 Å². The van der Waals surface area contributed by atoms with Crippen LogP contribution in [0.5, 0.6) is 0 Å². The summed E-state index contributed by atoms with van der Waals surface area (Å²) in [7, 11) is 0. The molecule has 2 N–H and O–H groups in total. The van der Waals surface area contributed by atoms with E-state index in [9.17, 15) is 0 Å². The van der Waals surface area contributed by atoms with Crippen molar-refractivity contribution in [2.45, 2.75) is 26.8 Å². The molecule has 1 unspecified atom stereocenters. The largest absolute Gasteiger partial charge is 0.324 e. The van der Waals surface area contributed by atoms with Crippen LogP contribution in [0.25, 0.3) is 5.69 Å². The quantitative estimate of drug-likeness (QED) is 0.864. The van der Waals surface area contributed by atoms with Gasteiger partial charge in [-0.15, -0.1) is 0 Å². The summed E-state index contributed by atoms with van der Waals surface area (Å²) in [6.07, 6.45) is 0. The van der Waals surface area contributed by atoms with Crippen molar-refractivity contribution in [3.63, 3.8) is 0 Å². The molecule has 0 saturated carbocycles. The van der Waals surface area contributed by atoms with Crippen LogP contribution in [0.15, 0.2) is 27.1 Å².